The second kappa shape index (κ2) is 5.10. The van der Waals surface area contributed by atoms with Crippen molar-refractivity contribution < 1.29 is 4.74 Å². The summed E-state index contributed by atoms with van der Waals surface area (Å²) < 4.78 is 5.49. The van der Waals surface area contributed by atoms with Gasteiger partial charge in [-0.3, -0.25) is 4.90 Å². The van der Waals surface area contributed by atoms with Crippen molar-refractivity contribution in [3.05, 3.63) is 30.1 Å². The number of aryl methyl sites for hydroxylation is 1. The van der Waals surface area contributed by atoms with E-state index in [1.165, 1.54) is 0 Å². The van der Waals surface area contributed by atoms with Crippen LogP contribution in [0.3, 0.4) is 0 Å². The average Bonchev–Trinajstić information content (AvgIpc) is 3.10. The average molecular weight is 262 g/mol. The van der Waals surface area contributed by atoms with E-state index in [1.807, 2.05) is 13.2 Å². The number of nitrogens with zero attached hydrogens (tertiary/aromatic N) is 5. The number of nitrogens with one attached hydrogen (secondary N) is 1. The first kappa shape index (κ1) is 12.3. The molecule has 0 aliphatic carbocycles. The Kier molecular flexibility index (Phi) is 3.31. The van der Waals surface area contributed by atoms with Gasteiger partial charge in [0.15, 0.2) is 0 Å². The smallest absolute Gasteiger partial charge is 0.123 e. The normalized spacial score (nSPS) is 24.1. The van der Waals surface area contributed by atoms with Crippen molar-refractivity contribution in [3.63, 3.8) is 0 Å². The van der Waals surface area contributed by atoms with E-state index in [-0.39, 0.29) is 12.1 Å². The van der Waals surface area contributed by atoms with E-state index < -0.39 is 0 Å². The monoisotopic (exact) mass is 262 g/mol. The molecule has 102 valence electrons. The molecule has 2 atom stereocenters. The SMILES string of the molecule is CO[C@@H]1CC(c2ncc[nH]2)N(Cc2cnn(C)n2)C1. The van der Waals surface area contributed by atoms with Crippen LogP contribution in [0.4, 0.5) is 0 Å². The largest absolute Gasteiger partial charge is 0.380 e. The zero-order chi connectivity index (χ0) is 13.2. The van der Waals surface area contributed by atoms with E-state index in [9.17, 15) is 0 Å². The molecule has 1 N–H and O–H groups in total. The number of likely N-dealkylation sites (tertiary alicyclic amines) is 1. The van der Waals surface area contributed by atoms with Crippen LogP contribution >= 0.6 is 0 Å². The van der Waals surface area contributed by atoms with E-state index in [1.54, 1.807) is 24.3 Å². The maximum Gasteiger partial charge on any atom is 0.123 e. The van der Waals surface area contributed by atoms with Crippen LogP contribution in [0, 0.1) is 0 Å². The summed E-state index contributed by atoms with van der Waals surface area (Å²) in [5.74, 6) is 0.989. The van der Waals surface area contributed by atoms with E-state index >= 15 is 0 Å². The van der Waals surface area contributed by atoms with Crippen molar-refractivity contribution in [2.45, 2.75) is 25.1 Å². The van der Waals surface area contributed by atoms with Gasteiger partial charge >= 0.3 is 0 Å². The Balaban J connectivity index is 1.77. The molecule has 1 aliphatic heterocycles. The van der Waals surface area contributed by atoms with E-state index in [4.69, 9.17) is 4.74 Å². The Hall–Kier alpha value is -1.73. The minimum atomic E-state index is 0.242. The molecule has 3 rings (SSSR count). The van der Waals surface area contributed by atoms with E-state index in [0.717, 1.165) is 31.0 Å². The number of hydrogen-bond acceptors (Lipinski definition) is 5. The lowest BCUT2D eigenvalue weighted by Gasteiger charge is -2.21. The van der Waals surface area contributed by atoms with Gasteiger partial charge in [0.25, 0.3) is 0 Å². The minimum Gasteiger partial charge on any atom is -0.380 e. The summed E-state index contributed by atoms with van der Waals surface area (Å²) in [7, 11) is 3.59. The number of hydrogen-bond donors (Lipinski definition) is 1. The molecule has 1 saturated heterocycles. The summed E-state index contributed by atoms with van der Waals surface area (Å²) in [5, 5.41) is 8.44. The van der Waals surface area contributed by atoms with E-state index in [2.05, 4.69) is 25.1 Å². The van der Waals surface area contributed by atoms with Crippen LogP contribution in [0.2, 0.25) is 0 Å². The molecule has 1 aliphatic rings. The predicted octanol–water partition coefficient (Wildman–Crippen LogP) is 0.500. The molecule has 0 amide bonds. The van der Waals surface area contributed by atoms with Crippen LogP contribution < -0.4 is 0 Å². The van der Waals surface area contributed by atoms with Crippen LogP contribution in [0.25, 0.3) is 0 Å². The van der Waals surface area contributed by atoms with Crippen molar-refractivity contribution >= 4 is 0 Å². The minimum absolute atomic E-state index is 0.242. The van der Waals surface area contributed by atoms with Gasteiger partial charge in [-0.15, -0.1) is 0 Å². The molecule has 19 heavy (non-hydrogen) atoms. The topological polar surface area (TPSA) is 71.9 Å². The van der Waals surface area contributed by atoms with Gasteiger partial charge < -0.3 is 9.72 Å². The highest BCUT2D eigenvalue weighted by atomic mass is 16.5. The first-order valence-corrected chi connectivity index (χ1v) is 6.37. The lowest BCUT2D eigenvalue weighted by atomic mass is 10.2. The fourth-order valence-electron chi connectivity index (χ4n) is 2.62. The number of ether oxygens (including phenoxy) is 1. The molecular weight excluding hydrogens is 244 g/mol. The van der Waals surface area contributed by atoms with Crippen molar-refractivity contribution in [3.8, 4) is 0 Å². The Morgan fingerprint density at radius 3 is 3.05 bits per heavy atom. The maximum atomic E-state index is 5.49. The quantitative estimate of drug-likeness (QED) is 0.868. The van der Waals surface area contributed by atoms with Gasteiger partial charge in [0.05, 0.1) is 24.0 Å². The third-order valence-corrected chi connectivity index (χ3v) is 3.55. The van der Waals surface area contributed by atoms with Crippen LogP contribution in [0.15, 0.2) is 18.6 Å². The fraction of sp³-hybridized carbons (Fsp3) is 0.583. The summed E-state index contributed by atoms with van der Waals surface area (Å²) in [6, 6.07) is 0.252. The molecule has 7 heteroatoms. The van der Waals surface area contributed by atoms with Gasteiger partial charge in [-0.05, 0) is 6.42 Å². The van der Waals surface area contributed by atoms with Gasteiger partial charge in [0.1, 0.15) is 5.82 Å². The van der Waals surface area contributed by atoms with Crippen LogP contribution in [0.5, 0.6) is 0 Å². The highest BCUT2D eigenvalue weighted by Crippen LogP contribution is 2.32. The Bertz CT molecular complexity index is 522. The third-order valence-electron chi connectivity index (χ3n) is 3.55. The third kappa shape index (κ3) is 2.52. The molecular formula is C12H18N6O. The van der Waals surface area contributed by atoms with E-state index in [0.29, 0.717) is 0 Å². The summed E-state index contributed by atoms with van der Waals surface area (Å²) in [6.45, 7) is 1.65. The Morgan fingerprint density at radius 2 is 2.42 bits per heavy atom. The van der Waals surface area contributed by atoms with Crippen molar-refractivity contribution in [2.24, 2.45) is 7.05 Å². The van der Waals surface area contributed by atoms with Gasteiger partial charge in [0, 0.05) is 39.6 Å². The van der Waals surface area contributed by atoms with Crippen molar-refractivity contribution in [1.82, 2.24) is 29.9 Å². The second-order valence-electron chi connectivity index (χ2n) is 4.84. The van der Waals surface area contributed by atoms with Crippen molar-refractivity contribution in [2.75, 3.05) is 13.7 Å². The molecule has 2 aromatic heterocycles. The molecule has 0 radical (unpaired) electrons. The number of methoxy groups -OCH3 is 1. The second-order valence-corrected chi connectivity index (χ2v) is 4.84. The van der Waals surface area contributed by atoms with Crippen molar-refractivity contribution in [1.29, 1.82) is 0 Å². The van der Waals surface area contributed by atoms with Gasteiger partial charge in [-0.25, -0.2) is 4.98 Å². The lowest BCUT2D eigenvalue weighted by Crippen LogP contribution is -2.25. The maximum absolute atomic E-state index is 5.49. The molecule has 0 spiro atoms. The summed E-state index contributed by atoms with van der Waals surface area (Å²) in [6.07, 6.45) is 6.64. The summed E-state index contributed by atoms with van der Waals surface area (Å²) in [5.41, 5.74) is 0.968. The molecule has 1 unspecified atom stereocenters. The molecule has 0 saturated carbocycles. The number of aromatic amines is 1. The van der Waals surface area contributed by atoms with Crippen LogP contribution in [-0.4, -0.2) is 49.6 Å². The molecule has 7 nitrogen and oxygen atoms in total. The van der Waals surface area contributed by atoms with Gasteiger partial charge in [0.2, 0.25) is 0 Å². The fourth-order valence-corrected chi connectivity index (χ4v) is 2.62. The van der Waals surface area contributed by atoms with Gasteiger partial charge in [-0.2, -0.15) is 15.0 Å². The number of imidazole rings is 1. The first-order valence-electron chi connectivity index (χ1n) is 6.37. The standard InChI is InChI=1S/C12H18N6O/c1-17-15-6-9(16-17)7-18-8-10(19-2)5-11(18)12-13-3-4-14-12/h3-4,6,10-11H,5,7-8H2,1-2H3,(H,13,14)/t10-,11?/m1/s1. The van der Waals surface area contributed by atoms with Gasteiger partial charge in [-0.1, -0.05) is 0 Å². The molecule has 2 aromatic rings. The highest BCUT2D eigenvalue weighted by molar-refractivity contribution is 5.04. The van der Waals surface area contributed by atoms with Crippen LogP contribution in [-0.2, 0) is 18.3 Å². The molecule has 0 bridgehead atoms. The molecule has 1 fully saturated rings. The zero-order valence-electron chi connectivity index (χ0n) is 11.2. The molecule has 0 aromatic carbocycles. The Labute approximate surface area is 111 Å². The lowest BCUT2D eigenvalue weighted by molar-refractivity contribution is 0.107. The summed E-state index contributed by atoms with van der Waals surface area (Å²) in [4.78, 5) is 11.5. The number of rotatable bonds is 4. The van der Waals surface area contributed by atoms with Crippen LogP contribution in [0.1, 0.15) is 24.0 Å². The highest BCUT2D eigenvalue weighted by Gasteiger charge is 2.34. The number of H-pyrrole nitrogens is 1. The molecule has 3 heterocycles. The first-order chi connectivity index (χ1) is 9.26. The summed E-state index contributed by atoms with van der Waals surface area (Å²) >= 11 is 0. The Morgan fingerprint density at radius 1 is 1.53 bits per heavy atom. The zero-order valence-corrected chi connectivity index (χ0v) is 11.2. The predicted molar refractivity (Wildman–Crippen MR) is 68.2 cm³/mol. The number of aromatic nitrogens is 5.